The van der Waals surface area contributed by atoms with Crippen LogP contribution in [-0.2, 0) is 9.59 Å². The highest BCUT2D eigenvalue weighted by atomic mass is 16.5. The first-order chi connectivity index (χ1) is 15.8. The minimum Gasteiger partial charge on any atom is -0.506 e. The molecule has 3 rings (SSSR count). The Kier molecular flexibility index (Phi) is 7.60. The maximum absolute atomic E-state index is 13.3. The van der Waals surface area contributed by atoms with Gasteiger partial charge in [-0.2, -0.15) is 0 Å². The van der Waals surface area contributed by atoms with Crippen LogP contribution in [0.4, 0.5) is 0 Å². The number of aliphatic hydroxyl groups excluding tert-OH is 1. The molecule has 1 fully saturated rings. The van der Waals surface area contributed by atoms with E-state index in [9.17, 15) is 14.7 Å². The number of ether oxygens (including phenoxy) is 3. The van der Waals surface area contributed by atoms with E-state index in [0.29, 0.717) is 35.8 Å². The first-order valence-corrected chi connectivity index (χ1v) is 10.6. The van der Waals surface area contributed by atoms with Crippen LogP contribution in [0.2, 0.25) is 0 Å². The predicted molar refractivity (Wildman–Crippen MR) is 125 cm³/mol. The summed E-state index contributed by atoms with van der Waals surface area (Å²) in [7, 11) is 8.34. The molecule has 1 aliphatic rings. The quantitative estimate of drug-likeness (QED) is 0.354. The molecule has 8 heteroatoms. The Morgan fingerprint density at radius 2 is 1.52 bits per heavy atom. The van der Waals surface area contributed by atoms with E-state index in [1.165, 1.54) is 26.2 Å². The van der Waals surface area contributed by atoms with Crippen LogP contribution in [0.1, 0.15) is 23.6 Å². The lowest BCUT2D eigenvalue weighted by Gasteiger charge is -2.27. The summed E-state index contributed by atoms with van der Waals surface area (Å²) in [6, 6.07) is 11.4. The van der Waals surface area contributed by atoms with Crippen molar-refractivity contribution in [2.24, 2.45) is 0 Å². The largest absolute Gasteiger partial charge is 0.506 e. The van der Waals surface area contributed by atoms with E-state index < -0.39 is 17.7 Å². The molecule has 176 valence electrons. The molecule has 0 bridgehead atoms. The number of methoxy groups -OCH3 is 3. The molecule has 1 amide bonds. The van der Waals surface area contributed by atoms with Gasteiger partial charge in [-0.25, -0.2) is 0 Å². The number of rotatable bonds is 9. The lowest BCUT2D eigenvalue weighted by Crippen LogP contribution is -2.32. The van der Waals surface area contributed by atoms with Gasteiger partial charge in [0.15, 0.2) is 0 Å². The molecule has 8 nitrogen and oxygen atoms in total. The van der Waals surface area contributed by atoms with Crippen molar-refractivity contribution in [1.82, 2.24) is 9.80 Å². The fourth-order valence-electron chi connectivity index (χ4n) is 4.10. The summed E-state index contributed by atoms with van der Waals surface area (Å²) in [5, 5.41) is 11.4. The summed E-state index contributed by atoms with van der Waals surface area (Å²) < 4.78 is 16.4. The maximum atomic E-state index is 13.3. The third kappa shape index (κ3) is 4.66. The first kappa shape index (κ1) is 24.1. The number of para-hydroxylation sites is 1. The van der Waals surface area contributed by atoms with Gasteiger partial charge in [0.25, 0.3) is 11.7 Å². The molecular formula is C25H30N2O6. The van der Waals surface area contributed by atoms with Crippen molar-refractivity contribution in [3.8, 4) is 17.2 Å². The zero-order valence-corrected chi connectivity index (χ0v) is 19.6. The number of carbonyl (C=O) groups is 2. The number of ketones is 1. The third-order valence-electron chi connectivity index (χ3n) is 5.64. The van der Waals surface area contributed by atoms with Crippen LogP contribution in [0.15, 0.2) is 48.0 Å². The topological polar surface area (TPSA) is 88.5 Å². The fourth-order valence-corrected chi connectivity index (χ4v) is 4.10. The summed E-state index contributed by atoms with van der Waals surface area (Å²) in [6.07, 6.45) is 0.656. The minimum atomic E-state index is -0.821. The lowest BCUT2D eigenvalue weighted by atomic mass is 9.94. The Hall–Kier alpha value is -3.52. The van der Waals surface area contributed by atoms with Gasteiger partial charge in [0.2, 0.25) is 0 Å². The standard InChI is InChI=1S/C25H30N2O6/c1-26(2)14-9-15-27-22(16-10-6-7-11-17(16)31-3)21(24(29)25(27)30)23(28)20-18(32-4)12-8-13-19(20)33-5/h6-8,10-13,22,28H,9,14-15H2,1-5H3/b23-21+. The van der Waals surface area contributed by atoms with Crippen LogP contribution in [0.3, 0.4) is 0 Å². The zero-order chi connectivity index (χ0) is 24.1. The average molecular weight is 455 g/mol. The zero-order valence-electron chi connectivity index (χ0n) is 19.6. The summed E-state index contributed by atoms with van der Waals surface area (Å²) in [6.45, 7) is 1.08. The summed E-state index contributed by atoms with van der Waals surface area (Å²) in [5.74, 6) is -0.622. The molecule has 0 saturated carbocycles. The number of aliphatic hydroxyl groups is 1. The highest BCUT2D eigenvalue weighted by Crippen LogP contribution is 2.45. The Morgan fingerprint density at radius 3 is 2.09 bits per heavy atom. The molecule has 1 N–H and O–H groups in total. The van der Waals surface area contributed by atoms with Crippen molar-refractivity contribution in [3.05, 3.63) is 59.2 Å². The van der Waals surface area contributed by atoms with Crippen molar-refractivity contribution in [1.29, 1.82) is 0 Å². The molecule has 0 spiro atoms. The Labute approximate surface area is 194 Å². The molecule has 1 aliphatic heterocycles. The van der Waals surface area contributed by atoms with E-state index in [2.05, 4.69) is 0 Å². The normalized spacial score (nSPS) is 17.5. The van der Waals surface area contributed by atoms with Crippen molar-refractivity contribution < 1.29 is 28.9 Å². The number of hydrogen-bond acceptors (Lipinski definition) is 7. The smallest absolute Gasteiger partial charge is 0.295 e. The number of hydrogen-bond donors (Lipinski definition) is 1. The molecule has 1 heterocycles. The van der Waals surface area contributed by atoms with E-state index in [-0.39, 0.29) is 16.9 Å². The summed E-state index contributed by atoms with van der Waals surface area (Å²) >= 11 is 0. The number of amides is 1. The van der Waals surface area contributed by atoms with Gasteiger partial charge in [0.1, 0.15) is 28.6 Å². The minimum absolute atomic E-state index is 0.0304. The first-order valence-electron chi connectivity index (χ1n) is 10.6. The second-order valence-corrected chi connectivity index (χ2v) is 7.93. The van der Waals surface area contributed by atoms with Crippen LogP contribution in [0.5, 0.6) is 17.2 Å². The molecule has 33 heavy (non-hydrogen) atoms. The molecule has 1 saturated heterocycles. The van der Waals surface area contributed by atoms with Crippen LogP contribution in [-0.4, -0.2) is 75.1 Å². The second kappa shape index (κ2) is 10.4. The van der Waals surface area contributed by atoms with E-state index >= 15 is 0 Å². The molecule has 0 aromatic heterocycles. The number of likely N-dealkylation sites (tertiary alicyclic amines) is 1. The van der Waals surface area contributed by atoms with E-state index in [4.69, 9.17) is 14.2 Å². The Morgan fingerprint density at radius 1 is 0.939 bits per heavy atom. The monoisotopic (exact) mass is 454 g/mol. The van der Waals surface area contributed by atoms with Crippen molar-refractivity contribution in [2.45, 2.75) is 12.5 Å². The highest BCUT2D eigenvalue weighted by Gasteiger charge is 2.47. The second-order valence-electron chi connectivity index (χ2n) is 7.93. The molecular weight excluding hydrogens is 424 g/mol. The van der Waals surface area contributed by atoms with Gasteiger partial charge in [-0.1, -0.05) is 24.3 Å². The third-order valence-corrected chi connectivity index (χ3v) is 5.64. The Bertz CT molecular complexity index is 1040. The van der Waals surface area contributed by atoms with Crippen molar-refractivity contribution in [2.75, 3.05) is 48.5 Å². The van der Waals surface area contributed by atoms with E-state index in [1.54, 1.807) is 30.3 Å². The molecule has 1 atom stereocenters. The highest BCUT2D eigenvalue weighted by molar-refractivity contribution is 6.46. The van der Waals surface area contributed by atoms with Gasteiger partial charge < -0.3 is 29.1 Å². The lowest BCUT2D eigenvalue weighted by molar-refractivity contribution is -0.140. The van der Waals surface area contributed by atoms with Gasteiger partial charge >= 0.3 is 0 Å². The van der Waals surface area contributed by atoms with Gasteiger partial charge in [-0.15, -0.1) is 0 Å². The van der Waals surface area contributed by atoms with Crippen LogP contribution in [0.25, 0.3) is 5.76 Å². The summed E-state index contributed by atoms with van der Waals surface area (Å²) in [4.78, 5) is 29.9. The summed E-state index contributed by atoms with van der Waals surface area (Å²) in [5.41, 5.74) is 0.797. The van der Waals surface area contributed by atoms with Gasteiger partial charge in [0.05, 0.1) is 32.9 Å². The predicted octanol–water partition coefficient (Wildman–Crippen LogP) is 3.09. The van der Waals surface area contributed by atoms with Gasteiger partial charge in [0, 0.05) is 12.1 Å². The van der Waals surface area contributed by atoms with Crippen LogP contribution >= 0.6 is 0 Å². The van der Waals surface area contributed by atoms with Crippen molar-refractivity contribution >= 4 is 17.4 Å². The molecule has 0 aliphatic carbocycles. The molecule has 1 unspecified atom stereocenters. The number of nitrogens with zero attached hydrogens (tertiary/aromatic N) is 2. The van der Waals surface area contributed by atoms with E-state index in [1.807, 2.05) is 31.1 Å². The number of carbonyl (C=O) groups excluding carboxylic acids is 2. The van der Waals surface area contributed by atoms with Crippen molar-refractivity contribution in [3.63, 3.8) is 0 Å². The SMILES string of the molecule is COc1ccccc1C1/C(=C(\O)c2c(OC)cccc2OC)C(=O)C(=O)N1CCCN(C)C. The van der Waals surface area contributed by atoms with Gasteiger partial charge in [-0.05, 0) is 45.3 Å². The van der Waals surface area contributed by atoms with Gasteiger partial charge in [-0.3, -0.25) is 9.59 Å². The molecule has 0 radical (unpaired) electrons. The van der Waals surface area contributed by atoms with Crippen LogP contribution in [0, 0.1) is 0 Å². The fraction of sp³-hybridized carbons (Fsp3) is 0.360. The Balaban J connectivity index is 2.24. The average Bonchev–Trinajstić information content (AvgIpc) is 3.07. The van der Waals surface area contributed by atoms with Crippen LogP contribution < -0.4 is 14.2 Å². The molecule has 2 aromatic rings. The molecule has 2 aromatic carbocycles. The number of benzene rings is 2. The number of Topliss-reactive ketones (excluding diaryl/α,β-unsaturated/α-hetero) is 1. The maximum Gasteiger partial charge on any atom is 0.295 e. The van der Waals surface area contributed by atoms with E-state index in [0.717, 1.165) is 6.54 Å².